The summed E-state index contributed by atoms with van der Waals surface area (Å²) in [5.41, 5.74) is 4.77. The van der Waals surface area contributed by atoms with Gasteiger partial charge >= 0.3 is 0 Å². The number of carbonyl (C=O) groups is 1. The molecule has 0 radical (unpaired) electrons. The second-order valence-electron chi connectivity index (χ2n) is 5.46. The summed E-state index contributed by atoms with van der Waals surface area (Å²) >= 11 is 0. The predicted molar refractivity (Wildman–Crippen MR) is 103 cm³/mol. The standard InChI is InChI=1S/C23H18O/c24-18-23-21(16-14-19-8-3-1-4-9-19)12-7-13-22(23)17-15-20-10-5-2-6-11-20/h1-18H/b16-14+,17-15+. The Morgan fingerprint density at radius 2 is 0.958 bits per heavy atom. The minimum absolute atomic E-state index is 0.705. The second kappa shape index (κ2) is 7.89. The number of rotatable bonds is 5. The predicted octanol–water partition coefficient (Wildman–Crippen LogP) is 5.84. The zero-order valence-electron chi connectivity index (χ0n) is 13.3. The molecule has 1 heteroatoms. The third kappa shape index (κ3) is 3.96. The Hall–Kier alpha value is -3.19. The van der Waals surface area contributed by atoms with E-state index in [1.807, 2.05) is 103 Å². The van der Waals surface area contributed by atoms with Gasteiger partial charge in [-0.2, -0.15) is 0 Å². The SMILES string of the molecule is O=Cc1c(/C=C/c2ccccc2)cccc1/C=C/c1ccccc1. The van der Waals surface area contributed by atoms with Gasteiger partial charge in [-0.15, -0.1) is 0 Å². The van der Waals surface area contributed by atoms with E-state index in [9.17, 15) is 4.79 Å². The Morgan fingerprint density at radius 1 is 0.500 bits per heavy atom. The van der Waals surface area contributed by atoms with Crippen LogP contribution in [0.4, 0.5) is 0 Å². The average molecular weight is 310 g/mol. The number of hydrogen-bond donors (Lipinski definition) is 0. The van der Waals surface area contributed by atoms with Crippen molar-refractivity contribution in [2.75, 3.05) is 0 Å². The maximum absolute atomic E-state index is 11.6. The van der Waals surface area contributed by atoms with Crippen molar-refractivity contribution in [3.8, 4) is 0 Å². The summed E-state index contributed by atoms with van der Waals surface area (Å²) in [5.74, 6) is 0. The summed E-state index contributed by atoms with van der Waals surface area (Å²) in [4.78, 5) is 11.6. The Balaban J connectivity index is 1.90. The van der Waals surface area contributed by atoms with Gasteiger partial charge in [0.2, 0.25) is 0 Å². The van der Waals surface area contributed by atoms with Crippen LogP contribution in [0, 0.1) is 0 Å². The molecule has 3 rings (SSSR count). The van der Waals surface area contributed by atoms with Gasteiger partial charge in [0.1, 0.15) is 0 Å². The number of benzene rings is 3. The Labute approximate surface area is 142 Å². The highest BCUT2D eigenvalue weighted by Gasteiger charge is 2.03. The van der Waals surface area contributed by atoms with Crippen molar-refractivity contribution >= 4 is 30.6 Å². The fraction of sp³-hybridized carbons (Fsp3) is 0. The Kier molecular flexibility index (Phi) is 5.16. The molecule has 0 aromatic heterocycles. The van der Waals surface area contributed by atoms with Crippen LogP contribution in [0.1, 0.15) is 32.6 Å². The maximum Gasteiger partial charge on any atom is 0.151 e. The molecule has 0 bridgehead atoms. The normalized spacial score (nSPS) is 11.2. The molecule has 0 spiro atoms. The molecular formula is C23H18O. The highest BCUT2D eigenvalue weighted by atomic mass is 16.1. The van der Waals surface area contributed by atoms with E-state index >= 15 is 0 Å². The van der Waals surface area contributed by atoms with Crippen molar-refractivity contribution < 1.29 is 4.79 Å². The van der Waals surface area contributed by atoms with Crippen LogP contribution in [-0.2, 0) is 0 Å². The summed E-state index contributed by atoms with van der Waals surface area (Å²) in [6.07, 6.45) is 8.94. The summed E-state index contributed by atoms with van der Waals surface area (Å²) < 4.78 is 0. The molecule has 24 heavy (non-hydrogen) atoms. The topological polar surface area (TPSA) is 17.1 Å². The molecule has 0 unspecified atom stereocenters. The van der Waals surface area contributed by atoms with E-state index in [2.05, 4.69) is 0 Å². The molecule has 0 N–H and O–H groups in total. The number of hydrogen-bond acceptors (Lipinski definition) is 1. The third-order valence-corrected chi connectivity index (χ3v) is 3.80. The first-order valence-electron chi connectivity index (χ1n) is 7.91. The quantitative estimate of drug-likeness (QED) is 0.427. The second-order valence-corrected chi connectivity index (χ2v) is 5.46. The summed E-state index contributed by atoms with van der Waals surface area (Å²) in [7, 11) is 0. The van der Waals surface area contributed by atoms with Gasteiger partial charge in [0.25, 0.3) is 0 Å². The molecule has 0 amide bonds. The van der Waals surface area contributed by atoms with E-state index in [1.165, 1.54) is 0 Å². The van der Waals surface area contributed by atoms with Gasteiger partial charge in [-0.05, 0) is 22.3 Å². The van der Waals surface area contributed by atoms with Crippen molar-refractivity contribution in [3.63, 3.8) is 0 Å². The molecule has 116 valence electrons. The van der Waals surface area contributed by atoms with Crippen molar-refractivity contribution in [1.29, 1.82) is 0 Å². The lowest BCUT2D eigenvalue weighted by atomic mass is 10.00. The molecule has 0 heterocycles. The monoisotopic (exact) mass is 310 g/mol. The fourth-order valence-corrected chi connectivity index (χ4v) is 2.53. The zero-order chi connectivity index (χ0) is 16.6. The number of carbonyl (C=O) groups excluding carboxylic acids is 1. The fourth-order valence-electron chi connectivity index (χ4n) is 2.53. The minimum Gasteiger partial charge on any atom is -0.298 e. The summed E-state index contributed by atoms with van der Waals surface area (Å²) in [6.45, 7) is 0. The van der Waals surface area contributed by atoms with Crippen LogP contribution in [-0.4, -0.2) is 6.29 Å². The van der Waals surface area contributed by atoms with E-state index in [-0.39, 0.29) is 0 Å². The molecule has 0 saturated heterocycles. The lowest BCUT2D eigenvalue weighted by Gasteiger charge is -2.04. The first-order chi connectivity index (χ1) is 11.9. The van der Waals surface area contributed by atoms with Gasteiger partial charge in [-0.25, -0.2) is 0 Å². The number of aldehydes is 1. The largest absolute Gasteiger partial charge is 0.298 e. The highest BCUT2D eigenvalue weighted by molar-refractivity contribution is 5.91. The molecule has 3 aromatic carbocycles. The van der Waals surface area contributed by atoms with Crippen LogP contribution < -0.4 is 0 Å². The van der Waals surface area contributed by atoms with E-state index in [0.717, 1.165) is 28.5 Å². The molecule has 0 aliphatic rings. The molecule has 1 nitrogen and oxygen atoms in total. The smallest absolute Gasteiger partial charge is 0.151 e. The van der Waals surface area contributed by atoms with E-state index < -0.39 is 0 Å². The van der Waals surface area contributed by atoms with Crippen molar-refractivity contribution in [2.24, 2.45) is 0 Å². The lowest BCUT2D eigenvalue weighted by molar-refractivity contribution is 0.112. The molecular weight excluding hydrogens is 292 g/mol. The van der Waals surface area contributed by atoms with Gasteiger partial charge in [0, 0.05) is 5.56 Å². The first-order valence-corrected chi connectivity index (χ1v) is 7.91. The van der Waals surface area contributed by atoms with Crippen molar-refractivity contribution in [3.05, 3.63) is 107 Å². The average Bonchev–Trinajstić information content (AvgIpc) is 2.66. The summed E-state index contributed by atoms with van der Waals surface area (Å²) in [6, 6.07) is 26.0. The van der Waals surface area contributed by atoms with Gasteiger partial charge in [0.05, 0.1) is 0 Å². The van der Waals surface area contributed by atoms with Crippen LogP contribution in [0.25, 0.3) is 24.3 Å². The molecule has 3 aromatic rings. The van der Waals surface area contributed by atoms with E-state index in [4.69, 9.17) is 0 Å². The van der Waals surface area contributed by atoms with Gasteiger partial charge in [-0.1, -0.05) is 103 Å². The van der Waals surface area contributed by atoms with Crippen LogP contribution in [0.2, 0.25) is 0 Å². The maximum atomic E-state index is 11.6. The molecule has 0 aliphatic carbocycles. The molecule has 0 aliphatic heterocycles. The van der Waals surface area contributed by atoms with E-state index in [0.29, 0.717) is 5.56 Å². The van der Waals surface area contributed by atoms with E-state index in [1.54, 1.807) is 0 Å². The van der Waals surface area contributed by atoms with Crippen LogP contribution in [0.15, 0.2) is 78.9 Å². The van der Waals surface area contributed by atoms with Gasteiger partial charge in [-0.3, -0.25) is 4.79 Å². The Morgan fingerprint density at radius 3 is 1.38 bits per heavy atom. The molecule has 0 atom stereocenters. The molecule has 0 saturated carbocycles. The summed E-state index contributed by atoms with van der Waals surface area (Å²) in [5, 5.41) is 0. The van der Waals surface area contributed by atoms with Crippen molar-refractivity contribution in [2.45, 2.75) is 0 Å². The van der Waals surface area contributed by atoms with Crippen LogP contribution in [0.5, 0.6) is 0 Å². The Bertz CT molecular complexity index is 791. The van der Waals surface area contributed by atoms with Crippen molar-refractivity contribution in [1.82, 2.24) is 0 Å². The zero-order valence-corrected chi connectivity index (χ0v) is 13.3. The minimum atomic E-state index is 0.705. The van der Waals surface area contributed by atoms with Crippen LogP contribution in [0.3, 0.4) is 0 Å². The van der Waals surface area contributed by atoms with Gasteiger partial charge in [0.15, 0.2) is 6.29 Å². The first kappa shape index (κ1) is 15.7. The van der Waals surface area contributed by atoms with Crippen LogP contribution >= 0.6 is 0 Å². The molecule has 0 fully saturated rings. The van der Waals surface area contributed by atoms with Gasteiger partial charge < -0.3 is 0 Å². The lowest BCUT2D eigenvalue weighted by Crippen LogP contribution is -1.90. The highest BCUT2D eigenvalue weighted by Crippen LogP contribution is 2.18. The third-order valence-electron chi connectivity index (χ3n) is 3.80.